The Balaban J connectivity index is 2.34. The molecule has 3 nitrogen and oxygen atoms in total. The molecular weight excluding hydrogens is 162 g/mol. The van der Waals surface area contributed by atoms with Crippen LogP contribution in [0.4, 0.5) is 5.82 Å². The van der Waals surface area contributed by atoms with Crippen molar-refractivity contribution in [2.75, 3.05) is 12.4 Å². The summed E-state index contributed by atoms with van der Waals surface area (Å²) in [6.07, 6.45) is 3.59. The second kappa shape index (κ2) is 3.32. The van der Waals surface area contributed by atoms with E-state index in [0.717, 1.165) is 12.2 Å². The summed E-state index contributed by atoms with van der Waals surface area (Å²) in [6.45, 7) is 2.22. The van der Waals surface area contributed by atoms with E-state index in [1.54, 1.807) is 0 Å². The molecule has 1 unspecified atom stereocenters. The van der Waals surface area contributed by atoms with Crippen molar-refractivity contribution in [3.63, 3.8) is 0 Å². The third-order valence-corrected chi connectivity index (χ3v) is 2.80. The summed E-state index contributed by atoms with van der Waals surface area (Å²) >= 11 is 0. The van der Waals surface area contributed by atoms with Crippen LogP contribution in [0.25, 0.3) is 0 Å². The summed E-state index contributed by atoms with van der Waals surface area (Å²) in [5.41, 5.74) is 2.60. The van der Waals surface area contributed by atoms with Crippen LogP contribution in [0.1, 0.15) is 36.9 Å². The van der Waals surface area contributed by atoms with Gasteiger partial charge in [0.1, 0.15) is 5.82 Å². The normalized spacial score (nSPS) is 20.0. The molecule has 0 saturated carbocycles. The van der Waals surface area contributed by atoms with Crippen LogP contribution in [-0.2, 0) is 6.42 Å². The lowest BCUT2D eigenvalue weighted by Gasteiger charge is -2.06. The molecule has 0 fully saturated rings. The Hall–Kier alpha value is -1.12. The number of aromatic nitrogens is 2. The van der Waals surface area contributed by atoms with Crippen molar-refractivity contribution >= 4 is 5.82 Å². The van der Waals surface area contributed by atoms with E-state index in [-0.39, 0.29) is 0 Å². The van der Waals surface area contributed by atoms with Crippen molar-refractivity contribution in [2.24, 2.45) is 0 Å². The summed E-state index contributed by atoms with van der Waals surface area (Å²) in [5.74, 6) is 1.53. The number of aryl methyl sites for hydroxylation is 1. The summed E-state index contributed by atoms with van der Waals surface area (Å²) in [6, 6.07) is 2.12. The van der Waals surface area contributed by atoms with E-state index in [9.17, 15) is 0 Å². The molecule has 0 radical (unpaired) electrons. The quantitative estimate of drug-likeness (QED) is 0.750. The lowest BCUT2D eigenvalue weighted by molar-refractivity contribution is 0.635. The molecular formula is C10H15N3. The number of rotatable bonds is 2. The number of hydrogen-bond donors (Lipinski definition) is 1. The van der Waals surface area contributed by atoms with Crippen LogP contribution < -0.4 is 5.32 Å². The minimum Gasteiger partial charge on any atom is -0.372 e. The minimum atomic E-state index is 0.647. The van der Waals surface area contributed by atoms with Gasteiger partial charge in [0.25, 0.3) is 0 Å². The zero-order valence-corrected chi connectivity index (χ0v) is 8.17. The smallest absolute Gasteiger partial charge is 0.148 e. The van der Waals surface area contributed by atoms with E-state index in [4.69, 9.17) is 0 Å². The number of hydrogen-bond acceptors (Lipinski definition) is 3. The predicted octanol–water partition coefficient (Wildman–Crippen LogP) is 1.96. The van der Waals surface area contributed by atoms with E-state index in [1.807, 2.05) is 7.05 Å². The zero-order chi connectivity index (χ0) is 9.26. The Morgan fingerprint density at radius 2 is 2.38 bits per heavy atom. The maximum atomic E-state index is 4.27. The highest BCUT2D eigenvalue weighted by Crippen LogP contribution is 2.33. The number of anilines is 1. The second-order valence-corrected chi connectivity index (χ2v) is 3.53. The van der Waals surface area contributed by atoms with Gasteiger partial charge in [0, 0.05) is 13.0 Å². The SMILES string of the molecule is CCC1CCc2cc(NC)nnc21. The van der Waals surface area contributed by atoms with Gasteiger partial charge in [-0.1, -0.05) is 6.92 Å². The van der Waals surface area contributed by atoms with E-state index in [1.165, 1.54) is 24.1 Å². The van der Waals surface area contributed by atoms with Gasteiger partial charge in [-0.2, -0.15) is 5.10 Å². The maximum absolute atomic E-state index is 4.27. The van der Waals surface area contributed by atoms with Crippen LogP contribution >= 0.6 is 0 Å². The van der Waals surface area contributed by atoms with Crippen LogP contribution in [0.2, 0.25) is 0 Å². The molecule has 0 amide bonds. The maximum Gasteiger partial charge on any atom is 0.148 e. The highest BCUT2D eigenvalue weighted by Gasteiger charge is 2.23. The van der Waals surface area contributed by atoms with Crippen LogP contribution in [0.3, 0.4) is 0 Å². The molecule has 70 valence electrons. The van der Waals surface area contributed by atoms with Crippen LogP contribution in [0.5, 0.6) is 0 Å². The summed E-state index contributed by atoms with van der Waals surface area (Å²) in [7, 11) is 1.88. The van der Waals surface area contributed by atoms with Crippen molar-refractivity contribution in [2.45, 2.75) is 32.1 Å². The Labute approximate surface area is 78.6 Å². The molecule has 0 saturated heterocycles. The first-order valence-corrected chi connectivity index (χ1v) is 4.89. The van der Waals surface area contributed by atoms with E-state index >= 15 is 0 Å². The summed E-state index contributed by atoms with van der Waals surface area (Å²) in [4.78, 5) is 0. The highest BCUT2D eigenvalue weighted by molar-refractivity contribution is 5.40. The van der Waals surface area contributed by atoms with Gasteiger partial charge in [-0.15, -0.1) is 5.10 Å². The first-order valence-electron chi connectivity index (χ1n) is 4.89. The van der Waals surface area contributed by atoms with Gasteiger partial charge >= 0.3 is 0 Å². The van der Waals surface area contributed by atoms with Crippen molar-refractivity contribution < 1.29 is 0 Å². The van der Waals surface area contributed by atoms with Gasteiger partial charge in [-0.25, -0.2) is 0 Å². The van der Waals surface area contributed by atoms with Gasteiger partial charge in [0.2, 0.25) is 0 Å². The molecule has 2 rings (SSSR count). The average Bonchev–Trinajstić information content (AvgIpc) is 2.59. The molecule has 1 aliphatic rings. The van der Waals surface area contributed by atoms with Crippen LogP contribution in [0, 0.1) is 0 Å². The number of nitrogens with one attached hydrogen (secondary N) is 1. The Kier molecular flexibility index (Phi) is 2.17. The van der Waals surface area contributed by atoms with Gasteiger partial charge < -0.3 is 5.32 Å². The highest BCUT2D eigenvalue weighted by atomic mass is 15.2. The fourth-order valence-electron chi connectivity index (χ4n) is 1.97. The standard InChI is InChI=1S/C10H15N3/c1-3-7-4-5-8-6-9(11-2)12-13-10(7)8/h6-7H,3-5H2,1-2H3,(H,11,12). The first-order chi connectivity index (χ1) is 6.35. The molecule has 0 bridgehead atoms. The lowest BCUT2D eigenvalue weighted by atomic mass is 10.0. The summed E-state index contributed by atoms with van der Waals surface area (Å²) < 4.78 is 0. The zero-order valence-electron chi connectivity index (χ0n) is 8.17. The van der Waals surface area contributed by atoms with Crippen molar-refractivity contribution in [1.82, 2.24) is 10.2 Å². The van der Waals surface area contributed by atoms with E-state index < -0.39 is 0 Å². The minimum absolute atomic E-state index is 0.647. The van der Waals surface area contributed by atoms with Crippen LogP contribution in [-0.4, -0.2) is 17.2 Å². The molecule has 1 aromatic rings. The summed E-state index contributed by atoms with van der Waals surface area (Å²) in [5, 5.41) is 11.4. The molecule has 1 heterocycles. The molecule has 1 atom stereocenters. The first kappa shape index (κ1) is 8.48. The van der Waals surface area contributed by atoms with Gasteiger partial charge in [0.15, 0.2) is 0 Å². The van der Waals surface area contributed by atoms with E-state index in [2.05, 4.69) is 28.5 Å². The van der Waals surface area contributed by atoms with Crippen molar-refractivity contribution in [3.8, 4) is 0 Å². The number of fused-ring (bicyclic) bond motifs is 1. The molecule has 1 aromatic heterocycles. The molecule has 1 N–H and O–H groups in total. The van der Waals surface area contributed by atoms with Gasteiger partial charge in [0.05, 0.1) is 5.69 Å². The Morgan fingerprint density at radius 3 is 3.08 bits per heavy atom. The average molecular weight is 177 g/mol. The molecule has 1 aliphatic carbocycles. The third-order valence-electron chi connectivity index (χ3n) is 2.80. The second-order valence-electron chi connectivity index (χ2n) is 3.53. The Bertz CT molecular complexity index is 309. The number of nitrogens with zero attached hydrogens (tertiary/aromatic N) is 2. The largest absolute Gasteiger partial charge is 0.372 e. The third kappa shape index (κ3) is 1.39. The topological polar surface area (TPSA) is 37.8 Å². The van der Waals surface area contributed by atoms with Gasteiger partial charge in [-0.05, 0) is 30.9 Å². The van der Waals surface area contributed by atoms with Crippen molar-refractivity contribution in [1.29, 1.82) is 0 Å². The van der Waals surface area contributed by atoms with Gasteiger partial charge in [-0.3, -0.25) is 0 Å². The predicted molar refractivity (Wildman–Crippen MR) is 52.9 cm³/mol. The Morgan fingerprint density at radius 1 is 1.54 bits per heavy atom. The lowest BCUT2D eigenvalue weighted by Crippen LogP contribution is -2.00. The molecule has 0 aliphatic heterocycles. The fraction of sp³-hybridized carbons (Fsp3) is 0.600. The molecule has 0 spiro atoms. The fourth-order valence-corrected chi connectivity index (χ4v) is 1.97. The van der Waals surface area contributed by atoms with E-state index in [0.29, 0.717) is 5.92 Å². The van der Waals surface area contributed by atoms with Crippen molar-refractivity contribution in [3.05, 3.63) is 17.3 Å². The molecule has 13 heavy (non-hydrogen) atoms. The molecule has 3 heteroatoms. The monoisotopic (exact) mass is 177 g/mol. The molecule has 0 aromatic carbocycles. The van der Waals surface area contributed by atoms with Crippen LogP contribution in [0.15, 0.2) is 6.07 Å².